The van der Waals surface area contributed by atoms with E-state index in [1.807, 2.05) is 6.08 Å². The Hall–Kier alpha value is -4.18. The third-order valence-electron chi connectivity index (χ3n) is 6.11. The first-order chi connectivity index (χ1) is 16.0. The van der Waals surface area contributed by atoms with Crippen LogP contribution in [0.2, 0.25) is 0 Å². The summed E-state index contributed by atoms with van der Waals surface area (Å²) in [6, 6.07) is 19.2. The van der Waals surface area contributed by atoms with Crippen molar-refractivity contribution < 1.29 is 0 Å². The summed E-state index contributed by atoms with van der Waals surface area (Å²) in [4.78, 5) is 16.6. The van der Waals surface area contributed by atoms with E-state index >= 15 is 0 Å². The molecule has 3 aromatic heterocycles. The van der Waals surface area contributed by atoms with E-state index in [-0.39, 0.29) is 0 Å². The van der Waals surface area contributed by atoms with Gasteiger partial charge in [-0.2, -0.15) is 0 Å². The Morgan fingerprint density at radius 2 is 1.06 bits per heavy atom. The van der Waals surface area contributed by atoms with Crippen LogP contribution in [0, 0.1) is 20.8 Å². The van der Waals surface area contributed by atoms with Crippen LogP contribution >= 0.6 is 0 Å². The molecule has 2 aliphatic rings. The highest BCUT2D eigenvalue weighted by atomic mass is 14.8. The van der Waals surface area contributed by atoms with Crippen LogP contribution in [0.3, 0.4) is 0 Å². The molecule has 0 saturated carbocycles. The van der Waals surface area contributed by atoms with Gasteiger partial charge in [0.15, 0.2) is 0 Å². The van der Waals surface area contributed by atoms with Crippen molar-refractivity contribution in [3.63, 3.8) is 0 Å². The molecule has 0 unspecified atom stereocenters. The third-order valence-corrected chi connectivity index (χ3v) is 6.11. The van der Waals surface area contributed by atoms with E-state index in [9.17, 15) is 0 Å². The highest BCUT2D eigenvalue weighted by molar-refractivity contribution is 5.90. The van der Waals surface area contributed by atoms with E-state index in [0.29, 0.717) is 0 Å². The molecule has 4 nitrogen and oxygen atoms in total. The number of nitrogens with one attached hydrogen (secondary N) is 2. The SMILES string of the molecule is Cc1cc(C)c(-c2cc3cc4nc(cc5ccc(cc6nc(cc2[nH]3)C=C6)[nH]5)C=C4)c(C)c1. The zero-order valence-electron chi connectivity index (χ0n) is 18.9. The molecular formula is C29H24N4. The summed E-state index contributed by atoms with van der Waals surface area (Å²) in [5.74, 6) is 0. The van der Waals surface area contributed by atoms with Crippen LogP contribution in [0.4, 0.5) is 0 Å². The molecule has 1 aromatic carbocycles. The number of aryl methyl sites for hydroxylation is 3. The molecule has 2 aliphatic heterocycles. The van der Waals surface area contributed by atoms with Crippen molar-refractivity contribution in [1.29, 1.82) is 0 Å². The molecular weight excluding hydrogens is 404 g/mol. The molecule has 4 heteroatoms. The van der Waals surface area contributed by atoms with Gasteiger partial charge in [0.25, 0.3) is 0 Å². The van der Waals surface area contributed by atoms with Crippen LogP contribution in [0.25, 0.3) is 57.5 Å². The lowest BCUT2D eigenvalue weighted by Gasteiger charge is -2.10. The largest absolute Gasteiger partial charge is 0.355 e. The van der Waals surface area contributed by atoms with Gasteiger partial charge < -0.3 is 9.97 Å². The van der Waals surface area contributed by atoms with Crippen LogP contribution in [0.1, 0.15) is 39.5 Å². The number of benzene rings is 1. The molecule has 2 N–H and O–H groups in total. The molecule has 8 bridgehead atoms. The summed E-state index contributed by atoms with van der Waals surface area (Å²) in [5.41, 5.74) is 14.1. The van der Waals surface area contributed by atoms with Crippen molar-refractivity contribution in [2.45, 2.75) is 20.8 Å². The maximum absolute atomic E-state index is 4.83. The second-order valence-electron chi connectivity index (χ2n) is 8.86. The maximum atomic E-state index is 4.83. The van der Waals surface area contributed by atoms with Crippen LogP contribution in [-0.4, -0.2) is 19.9 Å². The van der Waals surface area contributed by atoms with Gasteiger partial charge in [0.2, 0.25) is 0 Å². The fraction of sp³-hybridized carbons (Fsp3) is 0.103. The molecule has 0 radical (unpaired) electrons. The van der Waals surface area contributed by atoms with Gasteiger partial charge in [-0.1, -0.05) is 17.7 Å². The average molecular weight is 429 g/mol. The molecule has 6 rings (SSSR count). The minimum absolute atomic E-state index is 0.928. The minimum atomic E-state index is 0.928. The lowest BCUT2D eigenvalue weighted by molar-refractivity contribution is 1.31. The Kier molecular flexibility index (Phi) is 4.40. The summed E-state index contributed by atoms with van der Waals surface area (Å²) in [5, 5.41) is 0. The highest BCUT2D eigenvalue weighted by Gasteiger charge is 2.12. The van der Waals surface area contributed by atoms with E-state index in [4.69, 9.17) is 9.97 Å². The van der Waals surface area contributed by atoms with Gasteiger partial charge in [0.1, 0.15) is 0 Å². The number of nitrogens with zero attached hydrogens (tertiary/aromatic N) is 2. The van der Waals surface area contributed by atoms with E-state index in [0.717, 1.165) is 44.8 Å². The molecule has 4 aromatic rings. The van der Waals surface area contributed by atoms with Crippen molar-refractivity contribution in [1.82, 2.24) is 19.9 Å². The monoisotopic (exact) mass is 428 g/mol. The maximum Gasteiger partial charge on any atom is 0.0658 e. The van der Waals surface area contributed by atoms with Crippen molar-refractivity contribution in [3.05, 3.63) is 94.1 Å². The summed E-state index contributed by atoms with van der Waals surface area (Å²) >= 11 is 0. The number of aromatic amines is 2. The lowest BCUT2D eigenvalue weighted by Crippen LogP contribution is -1.89. The van der Waals surface area contributed by atoms with Gasteiger partial charge in [-0.3, -0.25) is 0 Å². The third kappa shape index (κ3) is 3.70. The smallest absolute Gasteiger partial charge is 0.0658 e. The van der Waals surface area contributed by atoms with Crippen molar-refractivity contribution >= 4 is 46.4 Å². The van der Waals surface area contributed by atoms with Crippen LogP contribution in [0.5, 0.6) is 0 Å². The molecule has 0 spiro atoms. The minimum Gasteiger partial charge on any atom is -0.355 e. The summed E-state index contributed by atoms with van der Waals surface area (Å²) in [6.45, 7) is 6.52. The first kappa shape index (κ1) is 19.5. The first-order valence-corrected chi connectivity index (χ1v) is 11.2. The van der Waals surface area contributed by atoms with Gasteiger partial charge in [0, 0.05) is 27.6 Å². The number of hydrogen-bond donors (Lipinski definition) is 2. The fourth-order valence-corrected chi connectivity index (χ4v) is 4.83. The highest BCUT2D eigenvalue weighted by Crippen LogP contribution is 2.33. The number of H-pyrrole nitrogens is 2. The number of fused-ring (bicyclic) bond motifs is 8. The Bertz CT molecular complexity index is 1620. The van der Waals surface area contributed by atoms with Gasteiger partial charge >= 0.3 is 0 Å². The zero-order valence-corrected chi connectivity index (χ0v) is 18.9. The molecule has 0 saturated heterocycles. The number of rotatable bonds is 1. The average Bonchev–Trinajstić information content (AvgIpc) is 3.53. The molecule has 33 heavy (non-hydrogen) atoms. The van der Waals surface area contributed by atoms with Gasteiger partial charge in [-0.25, -0.2) is 9.97 Å². The summed E-state index contributed by atoms with van der Waals surface area (Å²) in [7, 11) is 0. The second kappa shape index (κ2) is 7.45. The van der Waals surface area contributed by atoms with Gasteiger partial charge in [0.05, 0.1) is 22.8 Å². The molecule has 160 valence electrons. The topological polar surface area (TPSA) is 57.4 Å². The van der Waals surface area contributed by atoms with E-state index in [2.05, 4.69) is 104 Å². The van der Waals surface area contributed by atoms with Gasteiger partial charge in [-0.15, -0.1) is 0 Å². The van der Waals surface area contributed by atoms with E-state index < -0.39 is 0 Å². The summed E-state index contributed by atoms with van der Waals surface area (Å²) in [6.07, 6.45) is 8.21. The van der Waals surface area contributed by atoms with Crippen molar-refractivity contribution in [2.75, 3.05) is 0 Å². The molecule has 0 atom stereocenters. The Balaban J connectivity index is 1.69. The predicted octanol–water partition coefficient (Wildman–Crippen LogP) is 7.25. The van der Waals surface area contributed by atoms with Gasteiger partial charge in [-0.05, 0) is 104 Å². The van der Waals surface area contributed by atoms with E-state index in [1.165, 1.54) is 27.8 Å². The Morgan fingerprint density at radius 3 is 1.64 bits per heavy atom. The summed E-state index contributed by atoms with van der Waals surface area (Å²) < 4.78 is 0. The van der Waals surface area contributed by atoms with Crippen molar-refractivity contribution in [2.24, 2.45) is 0 Å². The first-order valence-electron chi connectivity index (χ1n) is 11.2. The fourth-order valence-electron chi connectivity index (χ4n) is 4.83. The molecule has 0 amide bonds. The standard InChI is InChI=1S/C29H24N4/c1-17-10-18(2)29(19(3)11-17)27-15-26-14-24-7-6-22(31-24)12-20-4-5-21(30-20)13-23-8-9-25(32-23)16-28(27)33-26/h4-16,30,33H,1-3H3. The molecule has 5 heterocycles. The number of hydrogen-bond acceptors (Lipinski definition) is 2. The Labute approximate surface area is 192 Å². The number of aromatic nitrogens is 4. The molecule has 0 fully saturated rings. The van der Waals surface area contributed by atoms with Crippen LogP contribution in [0.15, 0.2) is 54.6 Å². The van der Waals surface area contributed by atoms with Crippen molar-refractivity contribution in [3.8, 4) is 11.1 Å². The normalized spacial score (nSPS) is 12.5. The molecule has 0 aliphatic carbocycles. The van der Waals surface area contributed by atoms with Crippen LogP contribution < -0.4 is 0 Å². The van der Waals surface area contributed by atoms with Crippen LogP contribution in [-0.2, 0) is 0 Å². The second-order valence-corrected chi connectivity index (χ2v) is 8.86. The lowest BCUT2D eigenvalue weighted by atomic mass is 9.94. The zero-order chi connectivity index (χ0) is 22.5. The van der Waals surface area contributed by atoms with E-state index in [1.54, 1.807) is 0 Å². The quantitative estimate of drug-likeness (QED) is 0.290. The Morgan fingerprint density at radius 1 is 0.545 bits per heavy atom. The predicted molar refractivity (Wildman–Crippen MR) is 139 cm³/mol.